The molecule has 0 aliphatic heterocycles. The van der Waals surface area contributed by atoms with Gasteiger partial charge in [-0.25, -0.2) is 19.4 Å². The molecule has 0 N–H and O–H groups in total. The van der Waals surface area contributed by atoms with Crippen molar-refractivity contribution in [1.82, 2.24) is 25.0 Å². The Morgan fingerprint density at radius 2 is 1.92 bits per heavy atom. The van der Waals surface area contributed by atoms with Crippen molar-refractivity contribution in [2.24, 2.45) is 13.0 Å². The molecule has 0 saturated heterocycles. The van der Waals surface area contributed by atoms with E-state index >= 15 is 0 Å². The van der Waals surface area contributed by atoms with Crippen LogP contribution in [0.15, 0.2) is 36.7 Å². The first-order valence-electron chi connectivity index (χ1n) is 12.4. The molecule has 4 rings (SSSR count). The maximum atomic E-state index is 12.3. The minimum Gasteiger partial charge on any atom is -0.473 e. The summed E-state index contributed by atoms with van der Waals surface area (Å²) in [5.74, 6) is 0.00731. The summed E-state index contributed by atoms with van der Waals surface area (Å²) < 4.78 is 23.0. The normalized spacial score (nSPS) is 16.9. The second-order valence-electron chi connectivity index (χ2n) is 9.23. The Labute approximate surface area is 223 Å². The summed E-state index contributed by atoms with van der Waals surface area (Å²) in [6.07, 6.45) is 4.58. The Hall–Kier alpha value is -4.62. The van der Waals surface area contributed by atoms with E-state index in [4.69, 9.17) is 18.9 Å². The fourth-order valence-corrected chi connectivity index (χ4v) is 4.09. The smallest absolute Gasteiger partial charge is 0.473 e. The van der Waals surface area contributed by atoms with Crippen LogP contribution in [0, 0.1) is 16.0 Å². The van der Waals surface area contributed by atoms with Gasteiger partial charge < -0.3 is 18.9 Å². The first kappa shape index (κ1) is 27.4. The maximum absolute atomic E-state index is 12.3. The van der Waals surface area contributed by atoms with E-state index in [2.05, 4.69) is 20.3 Å². The molecule has 1 fully saturated rings. The summed E-state index contributed by atoms with van der Waals surface area (Å²) in [4.78, 5) is 43.3. The highest BCUT2D eigenvalue weighted by Crippen LogP contribution is 2.29. The summed E-state index contributed by atoms with van der Waals surface area (Å²) in [7, 11) is 1.63. The molecule has 1 aromatic carbocycles. The molecule has 14 heteroatoms. The molecule has 0 radical (unpaired) electrons. The fraction of sp³-hybridized carbons (Fsp3) is 0.440. The third-order valence-corrected chi connectivity index (χ3v) is 5.99. The largest absolute Gasteiger partial charge is 0.514 e. The van der Waals surface area contributed by atoms with Crippen molar-refractivity contribution in [3.05, 3.63) is 52.5 Å². The number of nitro groups is 1. The van der Waals surface area contributed by atoms with E-state index in [1.54, 1.807) is 7.05 Å². The molecule has 0 unspecified atom stereocenters. The fourth-order valence-electron chi connectivity index (χ4n) is 4.09. The Balaban J connectivity index is 1.34. The zero-order chi connectivity index (χ0) is 27.9. The number of aryl methyl sites for hydroxylation is 1. The molecule has 14 nitrogen and oxygen atoms in total. The number of non-ortho nitro benzene ring substituents is 1. The molecular weight excluding hydrogens is 512 g/mol. The van der Waals surface area contributed by atoms with Gasteiger partial charge in [0.1, 0.15) is 35.5 Å². The Kier molecular flexibility index (Phi) is 8.63. The van der Waals surface area contributed by atoms with Gasteiger partial charge in [-0.05, 0) is 51.7 Å². The molecule has 2 heterocycles. The van der Waals surface area contributed by atoms with E-state index in [0.717, 1.165) is 19.3 Å². The van der Waals surface area contributed by atoms with Gasteiger partial charge in [-0.2, -0.15) is 0 Å². The van der Waals surface area contributed by atoms with Crippen molar-refractivity contribution in [3.8, 4) is 23.0 Å². The van der Waals surface area contributed by atoms with E-state index in [9.17, 15) is 19.7 Å². The SMILES string of the molecule is CC(C)OC(=O)[C@H]1CCC[C@H](Oc2cnc(-c3nnn(C)c3COC(=O)Oc3ccc([N+](=O)[O-])cc3)cn2)C1. The van der Waals surface area contributed by atoms with Crippen LogP contribution in [0.25, 0.3) is 11.4 Å². The lowest BCUT2D eigenvalue weighted by Gasteiger charge is -2.28. The lowest BCUT2D eigenvalue weighted by Crippen LogP contribution is -2.31. The predicted octanol–water partition coefficient (Wildman–Crippen LogP) is 3.79. The average molecular weight is 541 g/mol. The second-order valence-corrected chi connectivity index (χ2v) is 9.23. The zero-order valence-electron chi connectivity index (χ0n) is 21.7. The van der Waals surface area contributed by atoms with Crippen LogP contribution < -0.4 is 9.47 Å². The van der Waals surface area contributed by atoms with Crippen molar-refractivity contribution in [2.45, 2.75) is 58.3 Å². The standard InChI is InChI=1S/C25H28N6O8/c1-15(2)37-24(32)16-5-4-6-19(11-16)38-22-13-26-20(12-27-22)23-21(30(3)29-28-23)14-36-25(33)39-18-9-7-17(8-10-18)31(34)35/h7-10,12-13,15-16,19H,4-6,11,14H2,1-3H3/t16-,19-/m0/s1. The van der Waals surface area contributed by atoms with Crippen LogP contribution in [0.4, 0.5) is 10.5 Å². The summed E-state index contributed by atoms with van der Waals surface area (Å²) in [6, 6.07) is 5.01. The van der Waals surface area contributed by atoms with Gasteiger partial charge in [0.25, 0.3) is 5.69 Å². The highest BCUT2D eigenvalue weighted by Gasteiger charge is 2.30. The molecule has 0 spiro atoms. The van der Waals surface area contributed by atoms with Crippen LogP contribution in [0.2, 0.25) is 0 Å². The van der Waals surface area contributed by atoms with Crippen LogP contribution in [-0.4, -0.2) is 54.2 Å². The molecule has 0 bridgehead atoms. The van der Waals surface area contributed by atoms with Crippen LogP contribution in [0.5, 0.6) is 11.6 Å². The van der Waals surface area contributed by atoms with Gasteiger partial charge in [-0.1, -0.05) is 5.21 Å². The molecule has 1 aliphatic rings. The summed E-state index contributed by atoms with van der Waals surface area (Å²) in [6.45, 7) is 3.43. The highest BCUT2D eigenvalue weighted by atomic mass is 16.7. The number of benzene rings is 1. The van der Waals surface area contributed by atoms with Gasteiger partial charge in [0.05, 0.1) is 29.3 Å². The van der Waals surface area contributed by atoms with Crippen LogP contribution in [-0.2, 0) is 27.9 Å². The number of carbonyl (C=O) groups excluding carboxylic acids is 2. The van der Waals surface area contributed by atoms with Gasteiger partial charge >= 0.3 is 12.1 Å². The molecule has 39 heavy (non-hydrogen) atoms. The third-order valence-electron chi connectivity index (χ3n) is 5.99. The van der Waals surface area contributed by atoms with Crippen LogP contribution in [0.1, 0.15) is 45.2 Å². The number of aromatic nitrogens is 5. The molecular formula is C25H28N6O8. The maximum Gasteiger partial charge on any atom is 0.514 e. The predicted molar refractivity (Wildman–Crippen MR) is 134 cm³/mol. The van der Waals surface area contributed by atoms with E-state index in [0.29, 0.717) is 29.4 Å². The lowest BCUT2D eigenvalue weighted by molar-refractivity contribution is -0.384. The van der Waals surface area contributed by atoms with E-state index in [1.807, 2.05) is 13.8 Å². The minimum atomic E-state index is -1.01. The number of hydrogen-bond donors (Lipinski definition) is 0. The van der Waals surface area contributed by atoms with E-state index < -0.39 is 11.1 Å². The van der Waals surface area contributed by atoms with Crippen LogP contribution in [0.3, 0.4) is 0 Å². The summed E-state index contributed by atoms with van der Waals surface area (Å²) in [5, 5.41) is 18.8. The van der Waals surface area contributed by atoms with Gasteiger partial charge in [0.2, 0.25) is 5.88 Å². The Morgan fingerprint density at radius 3 is 2.59 bits per heavy atom. The zero-order valence-corrected chi connectivity index (χ0v) is 21.7. The first-order chi connectivity index (χ1) is 18.7. The monoisotopic (exact) mass is 540 g/mol. The average Bonchev–Trinajstić information content (AvgIpc) is 3.28. The molecule has 1 aliphatic carbocycles. The third kappa shape index (κ3) is 7.24. The number of nitrogens with zero attached hydrogens (tertiary/aromatic N) is 6. The van der Waals surface area contributed by atoms with Crippen molar-refractivity contribution in [1.29, 1.82) is 0 Å². The number of esters is 1. The van der Waals surface area contributed by atoms with Gasteiger partial charge in [-0.3, -0.25) is 14.9 Å². The van der Waals surface area contributed by atoms with Gasteiger partial charge in [0.15, 0.2) is 0 Å². The Morgan fingerprint density at radius 1 is 1.15 bits per heavy atom. The highest BCUT2D eigenvalue weighted by molar-refractivity contribution is 5.72. The quantitative estimate of drug-likeness (QED) is 0.167. The summed E-state index contributed by atoms with van der Waals surface area (Å²) in [5.41, 5.74) is 1.05. The van der Waals surface area contributed by atoms with Gasteiger partial charge in [0, 0.05) is 19.2 Å². The molecule has 1 saturated carbocycles. The molecule has 0 amide bonds. The number of ether oxygens (including phenoxy) is 4. The van der Waals surface area contributed by atoms with Crippen LogP contribution >= 0.6 is 0 Å². The Bertz CT molecular complexity index is 1310. The van der Waals surface area contributed by atoms with E-state index in [1.165, 1.54) is 41.3 Å². The van der Waals surface area contributed by atoms with Gasteiger partial charge in [-0.15, -0.1) is 5.10 Å². The van der Waals surface area contributed by atoms with Crippen molar-refractivity contribution >= 4 is 17.8 Å². The number of carbonyl (C=O) groups is 2. The molecule has 3 aromatic rings. The second kappa shape index (κ2) is 12.3. The summed E-state index contributed by atoms with van der Waals surface area (Å²) >= 11 is 0. The number of rotatable bonds is 9. The number of nitro benzene ring substituents is 1. The topological polar surface area (TPSA) is 171 Å². The number of hydrogen-bond acceptors (Lipinski definition) is 12. The first-order valence-corrected chi connectivity index (χ1v) is 12.4. The molecule has 2 atom stereocenters. The minimum absolute atomic E-state index is 0.0940. The van der Waals surface area contributed by atoms with Crippen molar-refractivity contribution < 1.29 is 33.5 Å². The molecule has 2 aromatic heterocycles. The van der Waals surface area contributed by atoms with E-state index in [-0.39, 0.29) is 42.1 Å². The van der Waals surface area contributed by atoms with Crippen molar-refractivity contribution in [2.75, 3.05) is 0 Å². The molecule has 206 valence electrons. The van der Waals surface area contributed by atoms with Crippen molar-refractivity contribution in [3.63, 3.8) is 0 Å². The lowest BCUT2D eigenvalue weighted by atomic mass is 9.87.